The van der Waals surface area contributed by atoms with E-state index in [4.69, 9.17) is 14.2 Å². The lowest BCUT2D eigenvalue weighted by Gasteiger charge is -2.11. The van der Waals surface area contributed by atoms with Crippen molar-refractivity contribution in [1.29, 1.82) is 0 Å². The van der Waals surface area contributed by atoms with Gasteiger partial charge in [0, 0.05) is 0 Å². The van der Waals surface area contributed by atoms with Crippen LogP contribution in [0.1, 0.15) is 30.0 Å². The Morgan fingerprint density at radius 1 is 1.11 bits per heavy atom. The maximum absolute atomic E-state index is 11.9. The zero-order valence-corrected chi connectivity index (χ0v) is 16.2. The van der Waals surface area contributed by atoms with Crippen molar-refractivity contribution >= 4 is 12.1 Å². The normalized spacial score (nSPS) is 10.7. The molecule has 0 saturated carbocycles. The van der Waals surface area contributed by atoms with Gasteiger partial charge < -0.3 is 14.2 Å². The van der Waals surface area contributed by atoms with Crippen LogP contribution in [0, 0.1) is 13.8 Å². The van der Waals surface area contributed by atoms with E-state index in [1.807, 2.05) is 51.1 Å². The highest BCUT2D eigenvalue weighted by Gasteiger charge is 2.07. The van der Waals surface area contributed by atoms with Crippen molar-refractivity contribution < 1.29 is 19.0 Å². The summed E-state index contributed by atoms with van der Waals surface area (Å²) in [7, 11) is 1.59. The van der Waals surface area contributed by atoms with Crippen molar-refractivity contribution in [3.8, 4) is 17.2 Å². The molecule has 0 unspecified atom stereocenters. The lowest BCUT2D eigenvalue weighted by Crippen LogP contribution is -2.25. The van der Waals surface area contributed by atoms with Gasteiger partial charge in [-0.3, -0.25) is 4.79 Å². The number of hydrogen-bond acceptors (Lipinski definition) is 5. The molecule has 0 aromatic heterocycles. The van der Waals surface area contributed by atoms with Crippen LogP contribution in [0.25, 0.3) is 0 Å². The van der Waals surface area contributed by atoms with Crippen LogP contribution in [-0.2, 0) is 4.79 Å². The van der Waals surface area contributed by atoms with Crippen molar-refractivity contribution in [1.82, 2.24) is 5.43 Å². The predicted octanol–water partition coefficient (Wildman–Crippen LogP) is 3.63. The number of para-hydroxylation sites is 1. The largest absolute Gasteiger partial charge is 0.493 e. The van der Waals surface area contributed by atoms with Crippen LogP contribution < -0.4 is 19.6 Å². The highest BCUT2D eigenvalue weighted by Crippen LogP contribution is 2.27. The van der Waals surface area contributed by atoms with Gasteiger partial charge in [0.25, 0.3) is 5.91 Å². The number of hydrazone groups is 1. The minimum Gasteiger partial charge on any atom is -0.493 e. The van der Waals surface area contributed by atoms with Gasteiger partial charge in [0.1, 0.15) is 5.75 Å². The van der Waals surface area contributed by atoms with E-state index in [0.29, 0.717) is 18.1 Å². The van der Waals surface area contributed by atoms with Gasteiger partial charge in [0.15, 0.2) is 18.1 Å². The van der Waals surface area contributed by atoms with E-state index in [0.717, 1.165) is 28.9 Å². The third-order valence-corrected chi connectivity index (χ3v) is 3.81. The van der Waals surface area contributed by atoms with E-state index in [1.54, 1.807) is 19.4 Å². The Morgan fingerprint density at radius 2 is 1.85 bits per heavy atom. The summed E-state index contributed by atoms with van der Waals surface area (Å²) in [6.45, 7) is 6.45. The van der Waals surface area contributed by atoms with Gasteiger partial charge in [-0.1, -0.05) is 25.1 Å². The number of ether oxygens (including phenoxy) is 3. The fourth-order valence-corrected chi connectivity index (χ4v) is 2.47. The summed E-state index contributed by atoms with van der Waals surface area (Å²) in [4.78, 5) is 11.9. The molecule has 0 atom stereocenters. The van der Waals surface area contributed by atoms with Crippen molar-refractivity contribution in [2.24, 2.45) is 5.10 Å². The molecule has 0 heterocycles. The van der Waals surface area contributed by atoms with Crippen molar-refractivity contribution in [2.45, 2.75) is 27.2 Å². The molecule has 0 saturated heterocycles. The monoisotopic (exact) mass is 370 g/mol. The molecule has 0 aliphatic carbocycles. The minimum absolute atomic E-state index is 0.101. The summed E-state index contributed by atoms with van der Waals surface area (Å²) in [6, 6.07) is 11.3. The second-order valence-electron chi connectivity index (χ2n) is 6.06. The van der Waals surface area contributed by atoms with Crippen molar-refractivity contribution in [3.05, 3.63) is 53.1 Å². The summed E-state index contributed by atoms with van der Waals surface area (Å²) in [5, 5.41) is 3.96. The van der Waals surface area contributed by atoms with Gasteiger partial charge in [-0.25, -0.2) is 5.43 Å². The Hall–Kier alpha value is -3.02. The molecule has 0 aliphatic heterocycles. The first kappa shape index (κ1) is 20.3. The van der Waals surface area contributed by atoms with Crippen LogP contribution in [0.15, 0.2) is 41.5 Å². The maximum atomic E-state index is 11.9. The van der Waals surface area contributed by atoms with Gasteiger partial charge in [0.2, 0.25) is 0 Å². The molecular formula is C21H26N2O4. The topological polar surface area (TPSA) is 69.2 Å². The number of nitrogens with one attached hydrogen (secondary N) is 1. The lowest BCUT2D eigenvalue weighted by molar-refractivity contribution is -0.123. The molecule has 1 amide bonds. The summed E-state index contributed by atoms with van der Waals surface area (Å²) in [5.41, 5.74) is 5.22. The highest BCUT2D eigenvalue weighted by molar-refractivity contribution is 5.83. The molecule has 2 aromatic rings. The minimum atomic E-state index is -0.330. The number of carbonyl (C=O) groups is 1. The van der Waals surface area contributed by atoms with Gasteiger partial charge >= 0.3 is 0 Å². The van der Waals surface area contributed by atoms with Gasteiger partial charge in [-0.2, -0.15) is 5.10 Å². The molecule has 0 fully saturated rings. The number of carbonyl (C=O) groups excluding carboxylic acids is 1. The summed E-state index contributed by atoms with van der Waals surface area (Å²) in [6.07, 6.45) is 2.46. The first-order chi connectivity index (χ1) is 13.0. The molecule has 6 heteroatoms. The fraction of sp³-hybridized carbons (Fsp3) is 0.333. The molecular weight excluding hydrogens is 344 g/mol. The third kappa shape index (κ3) is 6.02. The Morgan fingerprint density at radius 3 is 2.52 bits per heavy atom. The Labute approximate surface area is 160 Å². The second-order valence-corrected chi connectivity index (χ2v) is 6.06. The van der Waals surface area contributed by atoms with Crippen LogP contribution in [0.5, 0.6) is 17.2 Å². The number of hydrogen-bond donors (Lipinski definition) is 1. The van der Waals surface area contributed by atoms with E-state index in [1.165, 1.54) is 0 Å². The Balaban J connectivity index is 1.90. The molecule has 0 spiro atoms. The number of nitrogens with zero attached hydrogens (tertiary/aromatic N) is 1. The zero-order valence-electron chi connectivity index (χ0n) is 16.2. The molecule has 0 bridgehead atoms. The average Bonchev–Trinajstić information content (AvgIpc) is 2.66. The first-order valence-electron chi connectivity index (χ1n) is 8.87. The molecule has 6 nitrogen and oxygen atoms in total. The van der Waals surface area contributed by atoms with Crippen LogP contribution in [-0.4, -0.2) is 32.4 Å². The molecule has 0 radical (unpaired) electrons. The summed E-state index contributed by atoms with van der Waals surface area (Å²) in [5.74, 6) is 1.70. The Kier molecular flexibility index (Phi) is 7.67. The first-order valence-corrected chi connectivity index (χ1v) is 8.87. The molecule has 2 aromatic carbocycles. The standard InChI is InChI=1S/C21H26N2O4/c1-5-11-26-18-10-9-17(12-19(18)25-4)13-22-23-20(24)14-27-21-15(2)7-6-8-16(21)3/h6-10,12-13H,5,11,14H2,1-4H3,(H,23,24)/b22-13-. The second kappa shape index (κ2) is 10.2. The fourth-order valence-electron chi connectivity index (χ4n) is 2.47. The van der Waals surface area contributed by atoms with Crippen molar-refractivity contribution in [2.75, 3.05) is 20.3 Å². The number of rotatable bonds is 9. The molecule has 1 N–H and O–H groups in total. The maximum Gasteiger partial charge on any atom is 0.277 e. The van der Waals surface area contributed by atoms with E-state index in [-0.39, 0.29) is 12.5 Å². The molecule has 27 heavy (non-hydrogen) atoms. The highest BCUT2D eigenvalue weighted by atomic mass is 16.5. The average molecular weight is 370 g/mol. The van der Waals surface area contributed by atoms with E-state index in [9.17, 15) is 4.79 Å². The van der Waals surface area contributed by atoms with Gasteiger partial charge in [-0.05, 0) is 55.2 Å². The molecule has 0 aliphatic rings. The molecule has 2 rings (SSSR count). The van der Waals surface area contributed by atoms with E-state index >= 15 is 0 Å². The molecule has 144 valence electrons. The SMILES string of the molecule is CCCOc1ccc(/C=N\NC(=O)COc2c(C)cccc2C)cc1OC. The van der Waals surface area contributed by atoms with E-state index in [2.05, 4.69) is 10.5 Å². The Bertz CT molecular complexity index is 783. The number of benzene rings is 2. The van der Waals surface area contributed by atoms with Crippen molar-refractivity contribution in [3.63, 3.8) is 0 Å². The number of amides is 1. The summed E-state index contributed by atoms with van der Waals surface area (Å²) >= 11 is 0. The third-order valence-electron chi connectivity index (χ3n) is 3.81. The summed E-state index contributed by atoms with van der Waals surface area (Å²) < 4.78 is 16.5. The van der Waals surface area contributed by atoms with Gasteiger partial charge in [0.05, 0.1) is 19.9 Å². The zero-order chi connectivity index (χ0) is 19.6. The lowest BCUT2D eigenvalue weighted by atomic mass is 10.1. The van der Waals surface area contributed by atoms with Gasteiger partial charge in [-0.15, -0.1) is 0 Å². The quantitative estimate of drug-likeness (QED) is 0.541. The van der Waals surface area contributed by atoms with Crippen LogP contribution >= 0.6 is 0 Å². The number of aryl methyl sites for hydroxylation is 2. The van der Waals surface area contributed by atoms with Crippen LogP contribution in [0.2, 0.25) is 0 Å². The predicted molar refractivity (Wildman–Crippen MR) is 106 cm³/mol. The van der Waals surface area contributed by atoms with Crippen LogP contribution in [0.4, 0.5) is 0 Å². The van der Waals surface area contributed by atoms with Crippen LogP contribution in [0.3, 0.4) is 0 Å². The smallest absolute Gasteiger partial charge is 0.277 e. The van der Waals surface area contributed by atoms with E-state index < -0.39 is 0 Å². The number of methoxy groups -OCH3 is 1.